The van der Waals surface area contributed by atoms with Crippen LogP contribution >= 0.6 is 0 Å². The number of fused-ring (bicyclic) bond motifs is 1. The Bertz CT molecular complexity index is 957. The van der Waals surface area contributed by atoms with Crippen LogP contribution in [0.3, 0.4) is 0 Å². The third kappa shape index (κ3) is 5.81. The Labute approximate surface area is 178 Å². The summed E-state index contributed by atoms with van der Waals surface area (Å²) in [6, 6.07) is 8.27. The minimum atomic E-state index is 0.289. The molecule has 3 rings (SSSR count). The molecule has 2 aromatic heterocycles. The second kappa shape index (κ2) is 10.8. The molecule has 0 fully saturated rings. The molecule has 8 heteroatoms. The van der Waals surface area contributed by atoms with E-state index in [9.17, 15) is 0 Å². The molecule has 2 heterocycles. The molecular weight excluding hydrogens is 378 g/mol. The zero-order chi connectivity index (χ0) is 21.3. The van der Waals surface area contributed by atoms with Crippen LogP contribution in [0.25, 0.3) is 11.0 Å². The lowest BCUT2D eigenvalue weighted by Gasteiger charge is -2.11. The van der Waals surface area contributed by atoms with Gasteiger partial charge in [-0.05, 0) is 38.8 Å². The van der Waals surface area contributed by atoms with Crippen molar-refractivity contribution in [3.8, 4) is 0 Å². The minimum Gasteiger partial charge on any atom is -0.357 e. The molecule has 0 aliphatic heterocycles. The maximum atomic E-state index is 5.29. The van der Waals surface area contributed by atoms with E-state index in [0.717, 1.165) is 68.6 Å². The van der Waals surface area contributed by atoms with Gasteiger partial charge in [0.15, 0.2) is 11.8 Å². The number of hydrogen-bond acceptors (Lipinski definition) is 5. The highest BCUT2D eigenvalue weighted by atomic mass is 16.5. The van der Waals surface area contributed by atoms with Gasteiger partial charge in [0, 0.05) is 38.5 Å². The fourth-order valence-electron chi connectivity index (χ4n) is 3.29. The van der Waals surface area contributed by atoms with E-state index in [0.29, 0.717) is 5.89 Å². The Morgan fingerprint density at radius 3 is 2.77 bits per heavy atom. The van der Waals surface area contributed by atoms with Crippen molar-refractivity contribution in [1.82, 2.24) is 30.3 Å². The van der Waals surface area contributed by atoms with E-state index in [-0.39, 0.29) is 5.92 Å². The van der Waals surface area contributed by atoms with Crippen LogP contribution < -0.4 is 10.6 Å². The molecule has 30 heavy (non-hydrogen) atoms. The van der Waals surface area contributed by atoms with Gasteiger partial charge in [0.05, 0.1) is 11.0 Å². The van der Waals surface area contributed by atoms with Crippen LogP contribution in [0.1, 0.15) is 57.1 Å². The summed E-state index contributed by atoms with van der Waals surface area (Å²) in [6.07, 6.45) is 2.63. The summed E-state index contributed by atoms with van der Waals surface area (Å²) in [7, 11) is 0. The molecule has 162 valence electrons. The number of aromatic nitrogens is 4. The highest BCUT2D eigenvalue weighted by Gasteiger charge is 2.09. The predicted molar refractivity (Wildman–Crippen MR) is 120 cm³/mol. The van der Waals surface area contributed by atoms with E-state index >= 15 is 0 Å². The largest absolute Gasteiger partial charge is 0.357 e. The number of benzene rings is 1. The lowest BCUT2D eigenvalue weighted by molar-refractivity contribution is 0.368. The minimum absolute atomic E-state index is 0.289. The third-order valence-electron chi connectivity index (χ3n) is 4.86. The van der Waals surface area contributed by atoms with Gasteiger partial charge >= 0.3 is 0 Å². The van der Waals surface area contributed by atoms with Crippen LogP contribution in [-0.2, 0) is 13.0 Å². The quantitative estimate of drug-likeness (QED) is 0.302. The predicted octanol–water partition coefficient (Wildman–Crippen LogP) is 3.43. The average Bonchev–Trinajstić information content (AvgIpc) is 3.32. The van der Waals surface area contributed by atoms with Gasteiger partial charge in [-0.1, -0.05) is 31.1 Å². The molecule has 0 spiro atoms. The molecule has 0 bridgehead atoms. The van der Waals surface area contributed by atoms with Crippen LogP contribution in [0.2, 0.25) is 0 Å². The van der Waals surface area contributed by atoms with Gasteiger partial charge in [-0.3, -0.25) is 4.99 Å². The zero-order valence-electron chi connectivity index (χ0n) is 18.5. The van der Waals surface area contributed by atoms with Crippen molar-refractivity contribution in [2.45, 2.75) is 59.4 Å². The summed E-state index contributed by atoms with van der Waals surface area (Å²) < 4.78 is 7.56. The second-order valence-electron chi connectivity index (χ2n) is 7.64. The van der Waals surface area contributed by atoms with E-state index in [1.165, 1.54) is 5.52 Å². The summed E-state index contributed by atoms with van der Waals surface area (Å²) >= 11 is 0. The van der Waals surface area contributed by atoms with Crippen molar-refractivity contribution in [3.05, 3.63) is 41.8 Å². The van der Waals surface area contributed by atoms with Crippen LogP contribution in [0, 0.1) is 6.92 Å². The lowest BCUT2D eigenvalue weighted by atomic mass is 10.2. The monoisotopic (exact) mass is 411 g/mol. The first-order valence-electron chi connectivity index (χ1n) is 10.8. The summed E-state index contributed by atoms with van der Waals surface area (Å²) in [5.74, 6) is 3.65. The molecule has 0 atom stereocenters. The summed E-state index contributed by atoms with van der Waals surface area (Å²) in [4.78, 5) is 13.7. The summed E-state index contributed by atoms with van der Waals surface area (Å²) in [6.45, 7) is 11.5. The van der Waals surface area contributed by atoms with Gasteiger partial charge in [-0.15, -0.1) is 0 Å². The lowest BCUT2D eigenvalue weighted by Crippen LogP contribution is -2.38. The Kier molecular flexibility index (Phi) is 7.82. The van der Waals surface area contributed by atoms with Crippen LogP contribution in [0.4, 0.5) is 0 Å². The number of aliphatic imine (C=N–C) groups is 1. The Morgan fingerprint density at radius 1 is 1.17 bits per heavy atom. The summed E-state index contributed by atoms with van der Waals surface area (Å²) in [5, 5.41) is 10.7. The van der Waals surface area contributed by atoms with Crippen molar-refractivity contribution in [3.63, 3.8) is 0 Å². The molecule has 1 aromatic carbocycles. The van der Waals surface area contributed by atoms with Crippen LogP contribution in [0.5, 0.6) is 0 Å². The number of guanidine groups is 1. The number of para-hydroxylation sites is 2. The molecular formula is C22H33N7O. The van der Waals surface area contributed by atoms with E-state index in [4.69, 9.17) is 9.52 Å². The van der Waals surface area contributed by atoms with Crippen LogP contribution in [-0.4, -0.2) is 45.3 Å². The number of imidazole rings is 1. The van der Waals surface area contributed by atoms with E-state index in [1.807, 2.05) is 6.07 Å². The molecule has 0 unspecified atom stereocenters. The fraction of sp³-hybridized carbons (Fsp3) is 0.545. The molecule has 0 aliphatic carbocycles. The van der Waals surface area contributed by atoms with Crippen molar-refractivity contribution < 1.29 is 4.52 Å². The summed E-state index contributed by atoms with van der Waals surface area (Å²) in [5.41, 5.74) is 2.24. The number of aryl methyl sites for hydroxylation is 3. The molecule has 0 saturated heterocycles. The number of hydrogen-bond donors (Lipinski definition) is 2. The van der Waals surface area contributed by atoms with Gasteiger partial charge in [-0.25, -0.2) is 4.98 Å². The van der Waals surface area contributed by atoms with E-state index < -0.39 is 0 Å². The van der Waals surface area contributed by atoms with Crippen molar-refractivity contribution >= 4 is 17.0 Å². The third-order valence-corrected chi connectivity index (χ3v) is 4.86. The topological polar surface area (TPSA) is 93.2 Å². The van der Waals surface area contributed by atoms with Crippen LogP contribution in [0.15, 0.2) is 33.8 Å². The molecule has 0 saturated carbocycles. The zero-order valence-corrected chi connectivity index (χ0v) is 18.5. The fourth-order valence-corrected chi connectivity index (χ4v) is 3.29. The Morgan fingerprint density at radius 2 is 2.00 bits per heavy atom. The molecule has 8 nitrogen and oxygen atoms in total. The van der Waals surface area contributed by atoms with Gasteiger partial charge in [-0.2, -0.15) is 4.98 Å². The first-order valence-corrected chi connectivity index (χ1v) is 10.8. The maximum Gasteiger partial charge on any atom is 0.226 e. The van der Waals surface area contributed by atoms with Crippen molar-refractivity contribution in [2.75, 3.05) is 19.6 Å². The highest BCUT2D eigenvalue weighted by Crippen LogP contribution is 2.15. The van der Waals surface area contributed by atoms with Gasteiger partial charge in [0.1, 0.15) is 5.82 Å². The smallest absolute Gasteiger partial charge is 0.226 e. The molecule has 3 aromatic rings. The maximum absolute atomic E-state index is 5.29. The molecule has 0 radical (unpaired) electrons. The Balaban J connectivity index is 1.44. The first-order chi connectivity index (χ1) is 14.6. The van der Waals surface area contributed by atoms with Gasteiger partial charge in [0.25, 0.3) is 0 Å². The van der Waals surface area contributed by atoms with E-state index in [2.05, 4.69) is 76.2 Å². The number of rotatable bonds is 10. The van der Waals surface area contributed by atoms with E-state index in [1.54, 1.807) is 0 Å². The standard InChI is InChI=1S/C22H33N7O/c1-5-23-22(24-13-8-12-20-27-21(16(2)3)28-30-20)25-14-9-15-29-17(4)26-18-10-6-7-11-19(18)29/h6-7,10-11,16H,5,8-9,12-15H2,1-4H3,(H2,23,24,25). The first kappa shape index (κ1) is 21.8. The molecule has 2 N–H and O–H groups in total. The number of nitrogens with zero attached hydrogens (tertiary/aromatic N) is 5. The second-order valence-corrected chi connectivity index (χ2v) is 7.64. The van der Waals surface area contributed by atoms with Gasteiger partial charge in [0.2, 0.25) is 5.89 Å². The highest BCUT2D eigenvalue weighted by molar-refractivity contribution is 5.79. The van der Waals surface area contributed by atoms with Crippen molar-refractivity contribution in [1.29, 1.82) is 0 Å². The normalized spacial score (nSPS) is 12.1. The SMILES string of the molecule is CCNC(=NCCCn1c(C)nc2ccccc21)NCCCc1nc(C(C)C)no1. The Hall–Kier alpha value is -2.90. The van der Waals surface area contributed by atoms with Crippen molar-refractivity contribution in [2.24, 2.45) is 4.99 Å². The molecule has 0 aliphatic rings. The number of nitrogens with one attached hydrogen (secondary N) is 2. The van der Waals surface area contributed by atoms with Gasteiger partial charge < -0.3 is 19.7 Å². The average molecular weight is 412 g/mol. The molecule has 0 amide bonds.